The molecule has 0 atom stereocenters. The Morgan fingerprint density at radius 1 is 1.57 bits per heavy atom. The lowest BCUT2D eigenvalue weighted by Crippen LogP contribution is -2.11. The highest BCUT2D eigenvalue weighted by atomic mass is 32.2. The number of nitrogens with two attached hydrogens (primary N) is 1. The number of hydrogen-bond acceptors (Lipinski definition) is 5. The third-order valence-corrected chi connectivity index (χ3v) is 2.51. The van der Waals surface area contributed by atoms with Crippen molar-refractivity contribution in [1.29, 1.82) is 5.26 Å². The summed E-state index contributed by atoms with van der Waals surface area (Å²) in [7, 11) is 0. The van der Waals surface area contributed by atoms with Crippen molar-refractivity contribution in [2.45, 2.75) is 31.6 Å². The smallest absolute Gasteiger partial charge is 0.192 e. The zero-order chi connectivity index (χ0) is 10.6. The average Bonchev–Trinajstić information content (AvgIpc) is 2.57. The van der Waals surface area contributed by atoms with Crippen molar-refractivity contribution >= 4 is 11.8 Å². The number of hydrogen-bond donors (Lipinski definition) is 1. The molecular weight excluding hydrogens is 198 g/mol. The predicted molar refractivity (Wildman–Crippen MR) is 54.6 cm³/mol. The Morgan fingerprint density at radius 3 is 2.79 bits per heavy atom. The van der Waals surface area contributed by atoms with E-state index < -0.39 is 0 Å². The van der Waals surface area contributed by atoms with Gasteiger partial charge in [0.15, 0.2) is 5.16 Å². The molecule has 0 unspecified atom stereocenters. The fourth-order valence-corrected chi connectivity index (χ4v) is 1.91. The molecule has 1 aromatic heterocycles. The van der Waals surface area contributed by atoms with E-state index in [1.807, 2.05) is 18.4 Å². The van der Waals surface area contributed by atoms with Crippen molar-refractivity contribution in [3.05, 3.63) is 5.82 Å². The molecular formula is C8H13N5S. The first-order valence-corrected chi connectivity index (χ1v) is 5.32. The van der Waals surface area contributed by atoms with Crippen LogP contribution < -0.4 is 5.73 Å². The molecule has 2 N–H and O–H groups in total. The molecule has 5 nitrogen and oxygen atoms in total. The molecule has 0 aliphatic heterocycles. The van der Waals surface area contributed by atoms with Crippen LogP contribution in [0.4, 0.5) is 0 Å². The molecule has 0 spiro atoms. The monoisotopic (exact) mass is 211 g/mol. The summed E-state index contributed by atoms with van der Waals surface area (Å²) in [5.74, 6) is 1.15. The lowest BCUT2D eigenvalue weighted by molar-refractivity contribution is 0.526. The van der Waals surface area contributed by atoms with Gasteiger partial charge in [0, 0.05) is 6.04 Å². The first-order chi connectivity index (χ1) is 6.70. The van der Waals surface area contributed by atoms with Gasteiger partial charge in [0.2, 0.25) is 0 Å². The Hall–Kier alpha value is -1.06. The molecule has 0 saturated carbocycles. The van der Waals surface area contributed by atoms with Crippen LogP contribution in [0.15, 0.2) is 5.16 Å². The molecule has 0 saturated heterocycles. The van der Waals surface area contributed by atoms with Gasteiger partial charge in [-0.1, -0.05) is 11.8 Å². The van der Waals surface area contributed by atoms with Crippen LogP contribution in [0.5, 0.6) is 0 Å². The van der Waals surface area contributed by atoms with E-state index in [2.05, 4.69) is 16.3 Å². The van der Waals surface area contributed by atoms with E-state index in [1.165, 1.54) is 11.8 Å². The highest BCUT2D eigenvalue weighted by molar-refractivity contribution is 7.99. The maximum Gasteiger partial charge on any atom is 0.192 e. The summed E-state index contributed by atoms with van der Waals surface area (Å²) in [4.78, 5) is 0. The normalized spacial score (nSPS) is 10.5. The topological polar surface area (TPSA) is 80.5 Å². The number of aromatic nitrogens is 3. The maximum atomic E-state index is 8.47. The molecule has 0 aliphatic rings. The molecule has 1 aromatic rings. The van der Waals surface area contributed by atoms with Crippen molar-refractivity contribution in [2.24, 2.45) is 5.73 Å². The molecule has 1 heterocycles. The minimum absolute atomic E-state index is 0.268. The van der Waals surface area contributed by atoms with E-state index in [4.69, 9.17) is 11.0 Å². The van der Waals surface area contributed by atoms with Gasteiger partial charge in [-0.3, -0.25) is 0 Å². The van der Waals surface area contributed by atoms with Gasteiger partial charge >= 0.3 is 0 Å². The second kappa shape index (κ2) is 4.98. The van der Waals surface area contributed by atoms with E-state index in [1.54, 1.807) is 0 Å². The van der Waals surface area contributed by atoms with Crippen molar-refractivity contribution in [2.75, 3.05) is 5.75 Å². The second-order valence-corrected chi connectivity index (χ2v) is 3.96. The van der Waals surface area contributed by atoms with E-state index in [9.17, 15) is 0 Å². The van der Waals surface area contributed by atoms with Gasteiger partial charge in [-0.05, 0) is 13.8 Å². The van der Waals surface area contributed by atoms with Gasteiger partial charge < -0.3 is 10.3 Å². The minimum atomic E-state index is 0.268. The zero-order valence-corrected chi connectivity index (χ0v) is 9.08. The Morgan fingerprint density at radius 2 is 2.29 bits per heavy atom. The van der Waals surface area contributed by atoms with Crippen molar-refractivity contribution in [3.8, 4) is 6.07 Å². The van der Waals surface area contributed by atoms with E-state index >= 15 is 0 Å². The number of nitriles is 1. The molecule has 0 bridgehead atoms. The third kappa shape index (κ3) is 2.25. The van der Waals surface area contributed by atoms with Crippen LogP contribution in [0.2, 0.25) is 0 Å². The average molecular weight is 211 g/mol. The lowest BCUT2D eigenvalue weighted by atomic mass is 10.4. The summed E-state index contributed by atoms with van der Waals surface area (Å²) in [6.45, 7) is 4.45. The Balaban J connectivity index is 2.93. The van der Waals surface area contributed by atoms with E-state index in [-0.39, 0.29) is 6.04 Å². The SMILES string of the molecule is CC(C)n1c(CN)nnc1SCC#N. The highest BCUT2D eigenvalue weighted by Gasteiger charge is 2.13. The minimum Gasteiger partial charge on any atom is -0.324 e. The van der Waals surface area contributed by atoms with Gasteiger partial charge in [0.25, 0.3) is 0 Å². The number of thioether (sulfide) groups is 1. The van der Waals surface area contributed by atoms with Crippen molar-refractivity contribution in [3.63, 3.8) is 0 Å². The van der Waals surface area contributed by atoms with E-state index in [0.29, 0.717) is 12.3 Å². The van der Waals surface area contributed by atoms with Crippen LogP contribution >= 0.6 is 11.8 Å². The summed E-state index contributed by atoms with van der Waals surface area (Å²) >= 11 is 1.38. The molecule has 1 rings (SSSR count). The largest absolute Gasteiger partial charge is 0.324 e. The molecule has 0 fully saturated rings. The summed E-state index contributed by atoms with van der Waals surface area (Å²) in [6.07, 6.45) is 0. The Bertz CT molecular complexity index is 338. The zero-order valence-electron chi connectivity index (χ0n) is 8.27. The summed E-state index contributed by atoms with van der Waals surface area (Å²) in [5, 5.41) is 17.2. The molecule has 0 amide bonds. The van der Waals surface area contributed by atoms with E-state index in [0.717, 1.165) is 11.0 Å². The highest BCUT2D eigenvalue weighted by Crippen LogP contribution is 2.20. The predicted octanol–water partition coefficient (Wildman–Crippen LogP) is 0.933. The molecule has 0 aliphatic carbocycles. The Kier molecular flexibility index (Phi) is 3.92. The van der Waals surface area contributed by atoms with Crippen LogP contribution in [-0.2, 0) is 6.54 Å². The van der Waals surface area contributed by atoms with Gasteiger partial charge in [-0.2, -0.15) is 5.26 Å². The number of nitrogens with zero attached hydrogens (tertiary/aromatic N) is 4. The van der Waals surface area contributed by atoms with Gasteiger partial charge in [0.1, 0.15) is 5.82 Å². The number of rotatable bonds is 4. The summed E-state index contributed by atoms with van der Waals surface area (Å²) in [5.41, 5.74) is 5.53. The fraction of sp³-hybridized carbons (Fsp3) is 0.625. The first-order valence-electron chi connectivity index (χ1n) is 4.34. The molecule has 76 valence electrons. The molecule has 6 heteroatoms. The fourth-order valence-electron chi connectivity index (χ4n) is 1.16. The quantitative estimate of drug-likeness (QED) is 0.749. The van der Waals surface area contributed by atoms with Crippen molar-refractivity contribution < 1.29 is 0 Å². The van der Waals surface area contributed by atoms with Crippen LogP contribution in [0.25, 0.3) is 0 Å². The van der Waals surface area contributed by atoms with Crippen LogP contribution in [0.3, 0.4) is 0 Å². The summed E-state index contributed by atoms with van der Waals surface area (Å²) in [6, 6.07) is 2.33. The standard InChI is InChI=1S/C8H13N5S/c1-6(2)13-7(5-10)11-12-8(13)14-4-3-9/h6H,4-5,10H2,1-2H3. The molecule has 0 aromatic carbocycles. The molecule has 14 heavy (non-hydrogen) atoms. The van der Waals surface area contributed by atoms with Crippen molar-refractivity contribution in [1.82, 2.24) is 14.8 Å². The van der Waals surface area contributed by atoms with Gasteiger partial charge in [-0.15, -0.1) is 10.2 Å². The van der Waals surface area contributed by atoms with Crippen LogP contribution in [0.1, 0.15) is 25.7 Å². The first kappa shape index (κ1) is 11.0. The second-order valence-electron chi connectivity index (χ2n) is 3.01. The third-order valence-electron chi connectivity index (χ3n) is 1.70. The van der Waals surface area contributed by atoms with Gasteiger partial charge in [0.05, 0.1) is 18.4 Å². The lowest BCUT2D eigenvalue weighted by Gasteiger charge is -2.11. The van der Waals surface area contributed by atoms with Gasteiger partial charge in [-0.25, -0.2) is 0 Å². The summed E-state index contributed by atoms with van der Waals surface area (Å²) < 4.78 is 1.96. The maximum absolute atomic E-state index is 8.47. The Labute approximate surface area is 87.3 Å². The molecule has 0 radical (unpaired) electrons. The van der Waals surface area contributed by atoms with Crippen LogP contribution in [-0.4, -0.2) is 20.5 Å². The van der Waals surface area contributed by atoms with Crippen LogP contribution in [0, 0.1) is 11.3 Å².